The summed E-state index contributed by atoms with van der Waals surface area (Å²) in [5.41, 5.74) is 0.737. The van der Waals surface area contributed by atoms with E-state index in [0.29, 0.717) is 12.6 Å². The molecule has 1 unspecified atom stereocenters. The van der Waals surface area contributed by atoms with E-state index in [1.54, 1.807) is 6.20 Å². The molecule has 6 heteroatoms. The number of halogens is 2. The lowest BCUT2D eigenvalue weighted by molar-refractivity contribution is 0.323. The Morgan fingerprint density at radius 3 is 3.05 bits per heavy atom. The Hall–Kier alpha value is -1.53. The number of rotatable bonds is 4. The van der Waals surface area contributed by atoms with Crippen LogP contribution < -0.4 is 5.32 Å². The third-order valence-electron chi connectivity index (χ3n) is 3.62. The van der Waals surface area contributed by atoms with Gasteiger partial charge in [-0.05, 0) is 24.6 Å². The van der Waals surface area contributed by atoms with Crippen LogP contribution in [0.1, 0.15) is 12.0 Å². The van der Waals surface area contributed by atoms with E-state index in [1.807, 2.05) is 18.2 Å². The highest BCUT2D eigenvalue weighted by atomic mass is 79.9. The molecule has 1 aromatic heterocycles. The zero-order chi connectivity index (χ0) is 14.7. The lowest BCUT2D eigenvalue weighted by atomic mass is 10.2. The first-order valence-electron chi connectivity index (χ1n) is 6.89. The summed E-state index contributed by atoms with van der Waals surface area (Å²) in [5.74, 6) is 0.684. The number of hydrogen-bond acceptors (Lipinski definition) is 4. The van der Waals surface area contributed by atoms with Gasteiger partial charge in [-0.1, -0.05) is 22.0 Å². The fourth-order valence-corrected chi connectivity index (χ4v) is 2.90. The lowest BCUT2D eigenvalue weighted by Gasteiger charge is -2.17. The lowest BCUT2D eigenvalue weighted by Crippen LogP contribution is -2.26. The van der Waals surface area contributed by atoms with Gasteiger partial charge in [0.15, 0.2) is 0 Å². The molecule has 2 heterocycles. The monoisotopic (exact) mass is 350 g/mol. The van der Waals surface area contributed by atoms with Gasteiger partial charge in [0.05, 0.1) is 0 Å². The number of nitrogens with zero attached hydrogens (tertiary/aromatic N) is 3. The third-order valence-corrected chi connectivity index (χ3v) is 4.11. The molecule has 21 heavy (non-hydrogen) atoms. The zero-order valence-electron chi connectivity index (χ0n) is 11.5. The molecule has 0 saturated carbocycles. The van der Waals surface area contributed by atoms with Gasteiger partial charge in [0.1, 0.15) is 18.0 Å². The second-order valence-electron chi connectivity index (χ2n) is 5.20. The Kier molecular flexibility index (Phi) is 4.45. The van der Waals surface area contributed by atoms with E-state index in [2.05, 4.69) is 36.1 Å². The molecule has 110 valence electrons. The van der Waals surface area contributed by atoms with Crippen LogP contribution in [0.2, 0.25) is 0 Å². The van der Waals surface area contributed by atoms with E-state index in [9.17, 15) is 4.39 Å². The molecule has 1 fully saturated rings. The van der Waals surface area contributed by atoms with Crippen molar-refractivity contribution in [3.63, 3.8) is 0 Å². The smallest absolute Gasteiger partial charge is 0.129 e. The van der Waals surface area contributed by atoms with Gasteiger partial charge in [-0.3, -0.25) is 4.90 Å². The van der Waals surface area contributed by atoms with Gasteiger partial charge < -0.3 is 5.32 Å². The standard InChI is InChI=1S/C15H16BrFN4/c16-12-2-1-11(14(17)7-12)8-21-6-4-13(9-21)20-15-3-5-18-10-19-15/h1-3,5,7,10,13H,4,6,8-9H2,(H,18,19,20). The van der Waals surface area contributed by atoms with Crippen molar-refractivity contribution in [1.82, 2.24) is 14.9 Å². The highest BCUT2D eigenvalue weighted by molar-refractivity contribution is 9.10. The first kappa shape index (κ1) is 14.4. The number of benzene rings is 1. The minimum Gasteiger partial charge on any atom is -0.366 e. The van der Waals surface area contributed by atoms with Crippen LogP contribution in [-0.4, -0.2) is 34.0 Å². The second kappa shape index (κ2) is 6.49. The largest absolute Gasteiger partial charge is 0.366 e. The van der Waals surface area contributed by atoms with E-state index in [-0.39, 0.29) is 5.82 Å². The molecule has 1 aromatic carbocycles. The SMILES string of the molecule is Fc1cc(Br)ccc1CN1CCC(Nc2ccncn2)C1. The second-order valence-corrected chi connectivity index (χ2v) is 6.11. The number of hydrogen-bond donors (Lipinski definition) is 1. The van der Waals surface area contributed by atoms with E-state index < -0.39 is 0 Å². The predicted molar refractivity (Wildman–Crippen MR) is 83.4 cm³/mol. The molecule has 1 aliphatic heterocycles. The summed E-state index contributed by atoms with van der Waals surface area (Å²) in [6, 6.07) is 7.44. The van der Waals surface area contributed by atoms with Crippen LogP contribution in [0.5, 0.6) is 0 Å². The average Bonchev–Trinajstić information content (AvgIpc) is 2.90. The van der Waals surface area contributed by atoms with Crippen LogP contribution >= 0.6 is 15.9 Å². The molecule has 0 amide bonds. The maximum absolute atomic E-state index is 13.9. The molecular formula is C15H16BrFN4. The normalized spacial score (nSPS) is 18.9. The average molecular weight is 351 g/mol. The van der Waals surface area contributed by atoms with E-state index in [4.69, 9.17) is 0 Å². The van der Waals surface area contributed by atoms with Gasteiger partial charge in [-0.15, -0.1) is 0 Å². The summed E-state index contributed by atoms with van der Waals surface area (Å²) in [5, 5.41) is 3.39. The van der Waals surface area contributed by atoms with Crippen LogP contribution in [-0.2, 0) is 6.54 Å². The van der Waals surface area contributed by atoms with Gasteiger partial charge in [0.25, 0.3) is 0 Å². The number of likely N-dealkylation sites (tertiary alicyclic amines) is 1. The van der Waals surface area contributed by atoms with Crippen molar-refractivity contribution in [2.45, 2.75) is 19.0 Å². The van der Waals surface area contributed by atoms with Gasteiger partial charge in [-0.25, -0.2) is 14.4 Å². The molecule has 0 bridgehead atoms. The number of anilines is 1. The molecule has 2 aromatic rings. The fourth-order valence-electron chi connectivity index (χ4n) is 2.57. The van der Waals surface area contributed by atoms with Crippen molar-refractivity contribution in [2.75, 3.05) is 18.4 Å². The minimum absolute atomic E-state index is 0.156. The van der Waals surface area contributed by atoms with Gasteiger partial charge in [0, 0.05) is 41.9 Å². The molecule has 4 nitrogen and oxygen atoms in total. The van der Waals surface area contributed by atoms with Crippen LogP contribution in [0.4, 0.5) is 10.2 Å². The number of nitrogens with one attached hydrogen (secondary N) is 1. The molecule has 1 N–H and O–H groups in total. The molecule has 0 radical (unpaired) electrons. The maximum atomic E-state index is 13.9. The summed E-state index contributed by atoms with van der Waals surface area (Å²) in [7, 11) is 0. The van der Waals surface area contributed by atoms with E-state index in [0.717, 1.165) is 35.4 Å². The Balaban J connectivity index is 1.57. The van der Waals surface area contributed by atoms with E-state index in [1.165, 1.54) is 12.4 Å². The molecular weight excluding hydrogens is 335 g/mol. The predicted octanol–water partition coefficient (Wildman–Crippen LogP) is 3.06. The summed E-state index contributed by atoms with van der Waals surface area (Å²) in [4.78, 5) is 10.3. The quantitative estimate of drug-likeness (QED) is 0.919. The molecule has 1 atom stereocenters. The maximum Gasteiger partial charge on any atom is 0.129 e. The van der Waals surface area contributed by atoms with Crippen molar-refractivity contribution < 1.29 is 4.39 Å². The Morgan fingerprint density at radius 1 is 1.38 bits per heavy atom. The highest BCUT2D eigenvalue weighted by Crippen LogP contribution is 2.20. The van der Waals surface area contributed by atoms with Crippen molar-refractivity contribution in [1.29, 1.82) is 0 Å². The van der Waals surface area contributed by atoms with Crippen molar-refractivity contribution in [3.8, 4) is 0 Å². The summed E-state index contributed by atoms with van der Waals surface area (Å²) in [6.07, 6.45) is 4.29. The molecule has 0 aliphatic carbocycles. The van der Waals surface area contributed by atoms with E-state index >= 15 is 0 Å². The van der Waals surface area contributed by atoms with Crippen LogP contribution in [0.3, 0.4) is 0 Å². The van der Waals surface area contributed by atoms with Crippen LogP contribution in [0.25, 0.3) is 0 Å². The minimum atomic E-state index is -0.156. The summed E-state index contributed by atoms with van der Waals surface area (Å²) < 4.78 is 14.6. The topological polar surface area (TPSA) is 41.0 Å². The van der Waals surface area contributed by atoms with Crippen molar-refractivity contribution in [2.24, 2.45) is 0 Å². The molecule has 3 rings (SSSR count). The summed E-state index contributed by atoms with van der Waals surface area (Å²) >= 11 is 3.28. The highest BCUT2D eigenvalue weighted by Gasteiger charge is 2.23. The molecule has 1 aliphatic rings. The Morgan fingerprint density at radius 2 is 2.29 bits per heavy atom. The fraction of sp³-hybridized carbons (Fsp3) is 0.333. The van der Waals surface area contributed by atoms with Crippen molar-refractivity contribution in [3.05, 3.63) is 52.6 Å². The van der Waals surface area contributed by atoms with Crippen LogP contribution in [0, 0.1) is 5.82 Å². The van der Waals surface area contributed by atoms with Gasteiger partial charge in [-0.2, -0.15) is 0 Å². The van der Waals surface area contributed by atoms with Crippen molar-refractivity contribution >= 4 is 21.7 Å². The Bertz CT molecular complexity index is 608. The zero-order valence-corrected chi connectivity index (χ0v) is 13.1. The van der Waals surface area contributed by atoms with Gasteiger partial charge in [0.2, 0.25) is 0 Å². The van der Waals surface area contributed by atoms with Crippen LogP contribution in [0.15, 0.2) is 41.3 Å². The first-order valence-corrected chi connectivity index (χ1v) is 7.69. The third kappa shape index (κ3) is 3.77. The Labute approximate surface area is 131 Å². The molecule has 0 spiro atoms. The number of aromatic nitrogens is 2. The summed E-state index contributed by atoms with van der Waals surface area (Å²) in [6.45, 7) is 2.48. The first-order chi connectivity index (χ1) is 10.2. The van der Waals surface area contributed by atoms with Gasteiger partial charge >= 0.3 is 0 Å². The molecule has 1 saturated heterocycles.